The van der Waals surface area contributed by atoms with Gasteiger partial charge in [0, 0.05) is 17.5 Å². The molecule has 7 nitrogen and oxygen atoms in total. The number of nitrogens with zero attached hydrogens (tertiary/aromatic N) is 3. The molecule has 0 saturated heterocycles. The maximum absolute atomic E-state index is 14.2. The summed E-state index contributed by atoms with van der Waals surface area (Å²) < 4.78 is 26.7. The minimum Gasteiger partial charge on any atom is -0.373 e. The molecule has 1 N–H and O–H groups in total. The zero-order chi connectivity index (χ0) is 19.1. The number of halogens is 1. The molecular weight excluding hydrogens is 363 g/mol. The van der Waals surface area contributed by atoms with Gasteiger partial charge in [-0.3, -0.25) is 4.79 Å². The Balaban J connectivity index is 1.42. The van der Waals surface area contributed by atoms with Gasteiger partial charge in [-0.15, -0.1) is 0 Å². The van der Waals surface area contributed by atoms with E-state index in [0.717, 1.165) is 48.3 Å². The van der Waals surface area contributed by atoms with Crippen LogP contribution >= 0.6 is 0 Å². The zero-order valence-electron chi connectivity index (χ0n) is 15.2. The molecule has 0 saturated carbocycles. The lowest BCUT2D eigenvalue weighted by Crippen LogP contribution is -2.35. The molecule has 2 aromatic heterocycles. The smallest absolute Gasteiger partial charge is 0.274 e. The van der Waals surface area contributed by atoms with Crippen LogP contribution < -0.4 is 5.32 Å². The first-order valence-corrected chi connectivity index (χ1v) is 9.40. The van der Waals surface area contributed by atoms with Gasteiger partial charge in [0.2, 0.25) is 0 Å². The predicted molar refractivity (Wildman–Crippen MR) is 96.5 cm³/mol. The molecule has 0 radical (unpaired) electrons. The Hall–Kier alpha value is -3.00. The molecule has 1 aliphatic heterocycles. The second kappa shape index (κ2) is 6.87. The summed E-state index contributed by atoms with van der Waals surface area (Å²) in [5, 5.41) is 11.3. The molecule has 144 valence electrons. The fraction of sp³-hybridized carbons (Fsp3) is 0.350. The first kappa shape index (κ1) is 17.1. The Morgan fingerprint density at radius 2 is 2.11 bits per heavy atom. The van der Waals surface area contributed by atoms with E-state index >= 15 is 0 Å². The van der Waals surface area contributed by atoms with Gasteiger partial charge in [0.15, 0.2) is 5.69 Å². The molecule has 0 fully saturated rings. The molecule has 0 unspecified atom stereocenters. The van der Waals surface area contributed by atoms with Crippen LogP contribution in [0.25, 0.3) is 5.69 Å². The van der Waals surface area contributed by atoms with Gasteiger partial charge in [-0.25, -0.2) is 9.07 Å². The number of aryl methyl sites for hydroxylation is 1. The summed E-state index contributed by atoms with van der Waals surface area (Å²) in [6, 6.07) is 6.05. The number of carbonyl (C=O) groups excluding carboxylic acids is 1. The van der Waals surface area contributed by atoms with Crippen molar-refractivity contribution in [1.29, 1.82) is 0 Å². The van der Waals surface area contributed by atoms with Crippen molar-refractivity contribution in [3.63, 3.8) is 0 Å². The third-order valence-corrected chi connectivity index (χ3v) is 5.35. The average molecular weight is 382 g/mol. The number of hydrogen-bond acceptors (Lipinski definition) is 5. The van der Waals surface area contributed by atoms with Crippen LogP contribution in [0.3, 0.4) is 0 Å². The van der Waals surface area contributed by atoms with Crippen LogP contribution in [-0.4, -0.2) is 27.5 Å². The molecule has 1 atom stereocenters. The van der Waals surface area contributed by atoms with Crippen molar-refractivity contribution in [3.8, 4) is 5.69 Å². The number of ether oxygens (including phenoxy) is 1. The molecule has 0 spiro atoms. The Kier molecular flexibility index (Phi) is 4.20. The Morgan fingerprint density at radius 3 is 3.00 bits per heavy atom. The van der Waals surface area contributed by atoms with E-state index in [2.05, 4.69) is 15.6 Å². The highest BCUT2D eigenvalue weighted by Gasteiger charge is 2.30. The summed E-state index contributed by atoms with van der Waals surface area (Å²) in [5.74, 6) is 0.158. The van der Waals surface area contributed by atoms with E-state index in [1.807, 2.05) is 0 Å². The summed E-state index contributed by atoms with van der Waals surface area (Å²) in [5.41, 5.74) is 3.15. The van der Waals surface area contributed by atoms with Crippen LogP contribution in [0, 0.1) is 5.82 Å². The molecule has 1 aliphatic carbocycles. The van der Waals surface area contributed by atoms with Crippen molar-refractivity contribution in [2.24, 2.45) is 0 Å². The highest BCUT2D eigenvalue weighted by Crippen LogP contribution is 2.29. The van der Waals surface area contributed by atoms with Crippen LogP contribution in [0.15, 0.2) is 35.0 Å². The number of rotatable bonds is 3. The second-order valence-electron chi connectivity index (χ2n) is 7.09. The van der Waals surface area contributed by atoms with Crippen molar-refractivity contribution >= 4 is 5.91 Å². The molecule has 1 aromatic carbocycles. The van der Waals surface area contributed by atoms with Gasteiger partial charge in [0.25, 0.3) is 5.91 Å². The van der Waals surface area contributed by atoms with Gasteiger partial charge in [0.05, 0.1) is 31.1 Å². The Bertz CT molecular complexity index is 1040. The van der Waals surface area contributed by atoms with Crippen molar-refractivity contribution in [2.75, 3.05) is 6.61 Å². The molecular formula is C20H19FN4O3. The lowest BCUT2D eigenvalue weighted by atomic mass is 9.96. The molecule has 0 bridgehead atoms. The number of hydrogen-bond donors (Lipinski definition) is 1. The van der Waals surface area contributed by atoms with E-state index in [1.54, 1.807) is 24.4 Å². The summed E-state index contributed by atoms with van der Waals surface area (Å²) in [4.78, 5) is 12.8. The summed E-state index contributed by atoms with van der Waals surface area (Å²) in [6.45, 7) is 0.622. The van der Waals surface area contributed by atoms with E-state index in [0.29, 0.717) is 24.6 Å². The monoisotopic (exact) mass is 382 g/mol. The van der Waals surface area contributed by atoms with Crippen LogP contribution in [0.2, 0.25) is 0 Å². The van der Waals surface area contributed by atoms with Gasteiger partial charge in [-0.2, -0.15) is 5.10 Å². The number of benzene rings is 1. The van der Waals surface area contributed by atoms with Gasteiger partial charge in [-0.1, -0.05) is 17.3 Å². The van der Waals surface area contributed by atoms with Gasteiger partial charge >= 0.3 is 0 Å². The largest absolute Gasteiger partial charge is 0.373 e. The van der Waals surface area contributed by atoms with Gasteiger partial charge in [0.1, 0.15) is 17.3 Å². The topological polar surface area (TPSA) is 82.2 Å². The first-order chi connectivity index (χ1) is 13.7. The van der Waals surface area contributed by atoms with E-state index in [4.69, 9.17) is 9.26 Å². The predicted octanol–water partition coefficient (Wildman–Crippen LogP) is 2.88. The van der Waals surface area contributed by atoms with Crippen molar-refractivity contribution < 1.29 is 18.4 Å². The zero-order valence-corrected chi connectivity index (χ0v) is 15.2. The highest BCUT2D eigenvalue weighted by molar-refractivity contribution is 5.94. The number of para-hydroxylation sites is 1. The van der Waals surface area contributed by atoms with Crippen molar-refractivity contribution in [3.05, 3.63) is 64.6 Å². The van der Waals surface area contributed by atoms with E-state index in [1.165, 1.54) is 10.7 Å². The lowest BCUT2D eigenvalue weighted by molar-refractivity contribution is 0.0681. The SMILES string of the molecule is O=C(N[C@@H]1COCc2c1cnn2-c1ccccc1F)c1noc2c1CCCC2. The van der Waals surface area contributed by atoms with Crippen LogP contribution in [-0.2, 0) is 24.2 Å². The number of amides is 1. The number of carbonyl (C=O) groups is 1. The Morgan fingerprint density at radius 1 is 1.25 bits per heavy atom. The normalized spacial score (nSPS) is 18.4. The van der Waals surface area contributed by atoms with Crippen molar-refractivity contribution in [1.82, 2.24) is 20.3 Å². The number of aromatic nitrogens is 3. The Labute approximate surface area is 160 Å². The third-order valence-electron chi connectivity index (χ3n) is 5.35. The standard InChI is InChI=1S/C20H19FN4O3/c21-14-6-2-3-7-16(14)25-17-11-27-10-15(13(17)9-22-25)23-20(26)19-12-5-1-4-8-18(12)28-24-19/h2-3,6-7,9,15H,1,4-5,8,10-11H2,(H,23,26)/t15-/m1/s1. The second-order valence-corrected chi connectivity index (χ2v) is 7.09. The van der Waals surface area contributed by atoms with E-state index < -0.39 is 0 Å². The summed E-state index contributed by atoms with van der Waals surface area (Å²) in [7, 11) is 0. The first-order valence-electron chi connectivity index (χ1n) is 9.40. The summed E-state index contributed by atoms with van der Waals surface area (Å²) >= 11 is 0. The average Bonchev–Trinajstić information content (AvgIpc) is 3.33. The third kappa shape index (κ3) is 2.80. The minimum atomic E-state index is -0.382. The number of nitrogens with one attached hydrogen (secondary N) is 1. The fourth-order valence-electron chi connectivity index (χ4n) is 3.93. The van der Waals surface area contributed by atoms with Crippen molar-refractivity contribution in [2.45, 2.75) is 38.3 Å². The highest BCUT2D eigenvalue weighted by atomic mass is 19.1. The maximum atomic E-state index is 14.2. The minimum absolute atomic E-state index is 0.285. The molecule has 8 heteroatoms. The van der Waals surface area contributed by atoms with Gasteiger partial charge in [-0.05, 0) is 31.4 Å². The fourth-order valence-corrected chi connectivity index (χ4v) is 3.93. The lowest BCUT2D eigenvalue weighted by Gasteiger charge is -2.24. The van der Waals surface area contributed by atoms with Gasteiger partial charge < -0.3 is 14.6 Å². The molecule has 1 amide bonds. The molecule has 3 heterocycles. The number of fused-ring (bicyclic) bond motifs is 2. The maximum Gasteiger partial charge on any atom is 0.274 e. The summed E-state index contributed by atoms with van der Waals surface area (Å²) in [6.07, 6.45) is 5.37. The molecule has 28 heavy (non-hydrogen) atoms. The quantitative estimate of drug-likeness (QED) is 0.753. The molecule has 5 rings (SSSR count). The molecule has 3 aromatic rings. The van der Waals surface area contributed by atoms with Crippen LogP contribution in [0.1, 0.15) is 52.0 Å². The van der Waals surface area contributed by atoms with E-state index in [-0.39, 0.29) is 17.8 Å². The van der Waals surface area contributed by atoms with Crippen LogP contribution in [0.4, 0.5) is 4.39 Å². The van der Waals surface area contributed by atoms with E-state index in [9.17, 15) is 9.18 Å². The van der Waals surface area contributed by atoms with Crippen LogP contribution in [0.5, 0.6) is 0 Å². The molecule has 2 aliphatic rings.